The maximum Gasteiger partial charge on any atom is 0.416 e. The van der Waals surface area contributed by atoms with Crippen molar-refractivity contribution < 1.29 is 18.0 Å². The second-order valence-electron chi connectivity index (χ2n) is 5.71. The van der Waals surface area contributed by atoms with E-state index in [4.69, 9.17) is 5.73 Å². The normalized spacial score (nSPS) is 12.6. The topological polar surface area (TPSA) is 112 Å². The predicted octanol–water partition coefficient (Wildman–Crippen LogP) is 2.91. The van der Waals surface area contributed by atoms with Gasteiger partial charge in [0.2, 0.25) is 5.95 Å². The number of nitrogen functional groups attached to an aromatic ring is 1. The summed E-state index contributed by atoms with van der Waals surface area (Å²) in [6, 6.07) is 3.82. The number of halogens is 4. The standard InChI is InChI=1S/C16H13BrF3N7O/c1-8(12-25-14(21)26-27(12)15-22-3-2-4-23-15)24-13(28)9-5-10(16(18,19)20)7-11(17)6-9/h2-8H,1H3,(H2,21,26)(H,24,28). The van der Waals surface area contributed by atoms with Gasteiger partial charge in [0.05, 0.1) is 11.6 Å². The smallest absolute Gasteiger partial charge is 0.366 e. The molecule has 146 valence electrons. The van der Waals surface area contributed by atoms with Gasteiger partial charge in [0.15, 0.2) is 5.82 Å². The molecule has 1 atom stereocenters. The fraction of sp³-hybridized carbons (Fsp3) is 0.188. The number of benzene rings is 1. The number of alkyl halides is 3. The van der Waals surface area contributed by atoms with Gasteiger partial charge < -0.3 is 11.1 Å². The van der Waals surface area contributed by atoms with Gasteiger partial charge in [0, 0.05) is 22.4 Å². The van der Waals surface area contributed by atoms with Crippen LogP contribution in [0.15, 0.2) is 41.1 Å². The van der Waals surface area contributed by atoms with E-state index in [0.29, 0.717) is 0 Å². The average molecular weight is 456 g/mol. The first-order valence-electron chi connectivity index (χ1n) is 7.83. The molecular weight excluding hydrogens is 443 g/mol. The molecule has 0 aliphatic carbocycles. The van der Waals surface area contributed by atoms with Crippen molar-refractivity contribution >= 4 is 27.8 Å². The largest absolute Gasteiger partial charge is 0.416 e. The molecule has 0 radical (unpaired) electrons. The number of hydrogen-bond donors (Lipinski definition) is 2. The lowest BCUT2D eigenvalue weighted by atomic mass is 10.1. The SMILES string of the molecule is CC(NC(=O)c1cc(Br)cc(C(F)(F)F)c1)c1nc(N)nn1-c1ncccn1. The third kappa shape index (κ3) is 4.27. The van der Waals surface area contributed by atoms with Crippen LogP contribution in [0.3, 0.4) is 0 Å². The van der Waals surface area contributed by atoms with Crippen molar-refractivity contribution in [1.29, 1.82) is 0 Å². The molecule has 8 nitrogen and oxygen atoms in total. The molecule has 0 fully saturated rings. The highest BCUT2D eigenvalue weighted by Gasteiger charge is 2.32. The Kier molecular flexibility index (Phi) is 5.31. The number of carbonyl (C=O) groups is 1. The van der Waals surface area contributed by atoms with Crippen molar-refractivity contribution in [2.75, 3.05) is 5.73 Å². The number of rotatable bonds is 4. The zero-order chi connectivity index (χ0) is 20.5. The molecule has 28 heavy (non-hydrogen) atoms. The Morgan fingerprint density at radius 1 is 1.25 bits per heavy atom. The summed E-state index contributed by atoms with van der Waals surface area (Å²) in [6.07, 6.45) is -1.59. The summed E-state index contributed by atoms with van der Waals surface area (Å²) in [6.45, 7) is 1.59. The summed E-state index contributed by atoms with van der Waals surface area (Å²) >= 11 is 2.99. The highest BCUT2D eigenvalue weighted by molar-refractivity contribution is 9.10. The summed E-state index contributed by atoms with van der Waals surface area (Å²) in [7, 11) is 0. The lowest BCUT2D eigenvalue weighted by Gasteiger charge is -2.15. The van der Waals surface area contributed by atoms with E-state index in [-0.39, 0.29) is 27.8 Å². The average Bonchev–Trinajstić information content (AvgIpc) is 3.03. The van der Waals surface area contributed by atoms with Crippen LogP contribution in [-0.2, 0) is 6.18 Å². The van der Waals surface area contributed by atoms with E-state index in [1.165, 1.54) is 23.1 Å². The van der Waals surface area contributed by atoms with Crippen molar-refractivity contribution in [2.24, 2.45) is 0 Å². The molecule has 1 unspecified atom stereocenters. The van der Waals surface area contributed by atoms with Gasteiger partial charge in [-0.15, -0.1) is 5.10 Å². The zero-order valence-electron chi connectivity index (χ0n) is 14.3. The molecule has 1 amide bonds. The van der Waals surface area contributed by atoms with E-state index in [0.717, 1.165) is 12.1 Å². The van der Waals surface area contributed by atoms with Crippen LogP contribution in [0.4, 0.5) is 19.1 Å². The highest BCUT2D eigenvalue weighted by Crippen LogP contribution is 2.32. The van der Waals surface area contributed by atoms with Gasteiger partial charge in [-0.25, -0.2) is 9.97 Å². The van der Waals surface area contributed by atoms with Crippen LogP contribution in [0, 0.1) is 0 Å². The molecule has 0 saturated heterocycles. The van der Waals surface area contributed by atoms with Crippen LogP contribution in [-0.4, -0.2) is 30.6 Å². The summed E-state index contributed by atoms with van der Waals surface area (Å²) in [4.78, 5) is 24.6. The van der Waals surface area contributed by atoms with E-state index in [2.05, 4.69) is 41.3 Å². The van der Waals surface area contributed by atoms with Gasteiger partial charge in [0.25, 0.3) is 11.9 Å². The van der Waals surface area contributed by atoms with Crippen LogP contribution in [0.1, 0.15) is 34.7 Å². The quantitative estimate of drug-likeness (QED) is 0.625. The summed E-state index contributed by atoms with van der Waals surface area (Å²) in [5, 5.41) is 6.57. The molecular formula is C16H13BrF3N7O. The van der Waals surface area contributed by atoms with Crippen molar-refractivity contribution in [3.8, 4) is 5.95 Å². The highest BCUT2D eigenvalue weighted by atomic mass is 79.9. The first-order chi connectivity index (χ1) is 13.1. The summed E-state index contributed by atoms with van der Waals surface area (Å²) in [5.41, 5.74) is 4.54. The second kappa shape index (κ2) is 7.54. The van der Waals surface area contributed by atoms with Gasteiger partial charge in [-0.2, -0.15) is 22.8 Å². The predicted molar refractivity (Wildman–Crippen MR) is 96.4 cm³/mol. The zero-order valence-corrected chi connectivity index (χ0v) is 15.9. The Bertz CT molecular complexity index is 1010. The van der Waals surface area contributed by atoms with Crippen LogP contribution < -0.4 is 11.1 Å². The number of hydrogen-bond acceptors (Lipinski definition) is 6. The molecule has 0 aliphatic rings. The van der Waals surface area contributed by atoms with Crippen molar-refractivity contribution in [2.45, 2.75) is 19.1 Å². The number of anilines is 1. The van der Waals surface area contributed by atoms with Gasteiger partial charge in [-0.1, -0.05) is 15.9 Å². The van der Waals surface area contributed by atoms with Gasteiger partial charge in [-0.05, 0) is 31.2 Å². The molecule has 0 saturated carbocycles. The number of amides is 1. The van der Waals surface area contributed by atoms with Crippen molar-refractivity contribution in [1.82, 2.24) is 30.0 Å². The lowest BCUT2D eigenvalue weighted by Crippen LogP contribution is -2.29. The molecule has 2 aromatic heterocycles. The fourth-order valence-electron chi connectivity index (χ4n) is 2.40. The van der Waals surface area contributed by atoms with E-state index in [1.54, 1.807) is 13.0 Å². The molecule has 0 bridgehead atoms. The van der Waals surface area contributed by atoms with Crippen LogP contribution in [0.25, 0.3) is 5.95 Å². The molecule has 3 aromatic rings. The molecule has 0 aliphatic heterocycles. The molecule has 0 spiro atoms. The van der Waals surface area contributed by atoms with Crippen molar-refractivity contribution in [3.05, 3.63) is 58.1 Å². The molecule has 3 N–H and O–H groups in total. The Balaban J connectivity index is 1.88. The summed E-state index contributed by atoms with van der Waals surface area (Å²) < 4.78 is 40.3. The van der Waals surface area contributed by atoms with Crippen LogP contribution >= 0.6 is 15.9 Å². The van der Waals surface area contributed by atoms with Crippen molar-refractivity contribution in [3.63, 3.8) is 0 Å². The second-order valence-corrected chi connectivity index (χ2v) is 6.63. The number of carbonyl (C=O) groups excluding carboxylic acids is 1. The number of nitrogens with zero attached hydrogens (tertiary/aromatic N) is 5. The number of aromatic nitrogens is 5. The Morgan fingerprint density at radius 3 is 2.57 bits per heavy atom. The third-order valence-electron chi connectivity index (χ3n) is 3.61. The maximum absolute atomic E-state index is 13.0. The third-order valence-corrected chi connectivity index (χ3v) is 4.07. The molecule has 2 heterocycles. The minimum Gasteiger partial charge on any atom is -0.366 e. The minimum absolute atomic E-state index is 0.0645. The molecule has 3 rings (SSSR count). The van der Waals surface area contributed by atoms with E-state index in [1.807, 2.05) is 0 Å². The Morgan fingerprint density at radius 2 is 1.93 bits per heavy atom. The molecule has 1 aromatic carbocycles. The number of nitrogens with two attached hydrogens (primary N) is 1. The fourth-order valence-corrected chi connectivity index (χ4v) is 2.89. The van der Waals surface area contributed by atoms with Gasteiger partial charge in [0.1, 0.15) is 0 Å². The first-order valence-corrected chi connectivity index (χ1v) is 8.63. The maximum atomic E-state index is 13.0. The van der Waals surface area contributed by atoms with E-state index >= 15 is 0 Å². The monoisotopic (exact) mass is 455 g/mol. The van der Waals surface area contributed by atoms with Crippen LogP contribution in [0.2, 0.25) is 0 Å². The number of nitrogens with one attached hydrogen (secondary N) is 1. The van der Waals surface area contributed by atoms with Crippen LogP contribution in [0.5, 0.6) is 0 Å². The molecule has 12 heteroatoms. The van der Waals surface area contributed by atoms with Gasteiger partial charge >= 0.3 is 6.18 Å². The summed E-state index contributed by atoms with van der Waals surface area (Å²) in [5.74, 6) is -0.375. The minimum atomic E-state index is -4.58. The van der Waals surface area contributed by atoms with Gasteiger partial charge in [-0.3, -0.25) is 4.79 Å². The van der Waals surface area contributed by atoms with E-state index in [9.17, 15) is 18.0 Å². The lowest BCUT2D eigenvalue weighted by molar-refractivity contribution is -0.137. The Hall–Kier alpha value is -3.02. The first kappa shape index (κ1) is 19.7. The van der Waals surface area contributed by atoms with E-state index < -0.39 is 23.7 Å². The Labute approximate surface area is 165 Å².